The van der Waals surface area contributed by atoms with Gasteiger partial charge in [0.15, 0.2) is 0 Å². The highest BCUT2D eigenvalue weighted by molar-refractivity contribution is 6.31. The Morgan fingerprint density at radius 2 is 1.77 bits per heavy atom. The van der Waals surface area contributed by atoms with E-state index in [1.807, 2.05) is 0 Å². The van der Waals surface area contributed by atoms with Gasteiger partial charge in [-0.2, -0.15) is 5.10 Å². The van der Waals surface area contributed by atoms with E-state index in [1.165, 1.54) is 6.33 Å². The maximum Gasteiger partial charge on any atom is 0.137 e. The number of β-amino-alcohol motifs (C(OH)–C–C–N with tert-alkyl or cyclic N) is 1. The van der Waals surface area contributed by atoms with Crippen molar-refractivity contribution in [2.24, 2.45) is 0 Å². The molecule has 0 amide bonds. The largest absolute Gasteiger partial charge is 0.457 e. The van der Waals surface area contributed by atoms with Crippen LogP contribution in [0.4, 0.5) is 0 Å². The Morgan fingerprint density at radius 1 is 1.03 bits per heavy atom. The maximum absolute atomic E-state index is 11.7. The van der Waals surface area contributed by atoms with Crippen LogP contribution >= 0.6 is 23.2 Å². The molecule has 0 bridgehead atoms. The molecule has 1 unspecified atom stereocenters. The normalized spacial score (nSPS) is 16.9. The second-order valence-electron chi connectivity index (χ2n) is 7.21. The molecule has 0 saturated carbocycles. The first-order valence-electron chi connectivity index (χ1n) is 9.60. The summed E-state index contributed by atoms with van der Waals surface area (Å²) in [6.07, 6.45) is 3.02. The molecule has 1 fully saturated rings. The molecule has 9 heteroatoms. The number of hydrogen-bond acceptors (Lipinski definition) is 6. The molecule has 2 heterocycles. The van der Waals surface area contributed by atoms with Gasteiger partial charge in [-0.05, 0) is 36.4 Å². The van der Waals surface area contributed by atoms with Gasteiger partial charge in [0, 0.05) is 30.2 Å². The summed E-state index contributed by atoms with van der Waals surface area (Å²) in [7, 11) is 0. The molecule has 0 aliphatic carbocycles. The molecule has 0 radical (unpaired) electrons. The number of benzene rings is 2. The summed E-state index contributed by atoms with van der Waals surface area (Å²) in [6, 6.07) is 12.4. The average Bonchev–Trinajstić information content (AvgIpc) is 3.23. The lowest BCUT2D eigenvalue weighted by Gasteiger charge is -2.36. The van der Waals surface area contributed by atoms with Crippen LogP contribution < -0.4 is 4.74 Å². The van der Waals surface area contributed by atoms with Crippen molar-refractivity contribution in [2.75, 3.05) is 32.8 Å². The van der Waals surface area contributed by atoms with Crippen LogP contribution in [0.2, 0.25) is 10.0 Å². The van der Waals surface area contributed by atoms with E-state index in [-0.39, 0.29) is 6.54 Å². The second-order valence-corrected chi connectivity index (χ2v) is 8.05. The van der Waals surface area contributed by atoms with Gasteiger partial charge in [0.2, 0.25) is 0 Å². The fourth-order valence-corrected chi connectivity index (χ4v) is 3.98. The van der Waals surface area contributed by atoms with Gasteiger partial charge in [0.05, 0.1) is 24.8 Å². The topological polar surface area (TPSA) is 72.6 Å². The molecular formula is C21H22Cl2N4O3. The van der Waals surface area contributed by atoms with Gasteiger partial charge >= 0.3 is 0 Å². The Morgan fingerprint density at radius 3 is 2.43 bits per heavy atom. The molecule has 7 nitrogen and oxygen atoms in total. The van der Waals surface area contributed by atoms with Crippen molar-refractivity contribution in [3.63, 3.8) is 0 Å². The number of halogens is 2. The van der Waals surface area contributed by atoms with E-state index >= 15 is 0 Å². The Balaban J connectivity index is 1.59. The summed E-state index contributed by atoms with van der Waals surface area (Å²) in [5.74, 6) is 1.22. The molecule has 0 spiro atoms. The summed E-state index contributed by atoms with van der Waals surface area (Å²) in [6.45, 7) is 3.39. The van der Waals surface area contributed by atoms with E-state index in [1.54, 1.807) is 53.5 Å². The minimum absolute atomic E-state index is 0.224. The molecule has 1 N–H and O–H groups in total. The summed E-state index contributed by atoms with van der Waals surface area (Å²) in [5.41, 5.74) is -0.657. The highest BCUT2D eigenvalue weighted by Gasteiger charge is 2.35. The highest BCUT2D eigenvalue weighted by Crippen LogP contribution is 2.35. The van der Waals surface area contributed by atoms with Gasteiger partial charge in [0.25, 0.3) is 0 Å². The Hall–Kier alpha value is -2.16. The van der Waals surface area contributed by atoms with Crippen molar-refractivity contribution in [1.29, 1.82) is 0 Å². The molecule has 3 aromatic rings. The minimum Gasteiger partial charge on any atom is -0.457 e. The van der Waals surface area contributed by atoms with Crippen molar-refractivity contribution < 1.29 is 14.6 Å². The van der Waals surface area contributed by atoms with Crippen molar-refractivity contribution in [3.8, 4) is 11.5 Å². The van der Waals surface area contributed by atoms with Crippen LogP contribution in [0.15, 0.2) is 55.1 Å². The third-order valence-electron chi connectivity index (χ3n) is 4.97. The maximum atomic E-state index is 11.7. The van der Waals surface area contributed by atoms with E-state index in [0.717, 1.165) is 13.1 Å². The summed E-state index contributed by atoms with van der Waals surface area (Å²) in [4.78, 5) is 6.14. The zero-order chi connectivity index (χ0) is 21.0. The fourth-order valence-electron chi connectivity index (χ4n) is 3.51. The van der Waals surface area contributed by atoms with Crippen LogP contribution in [0.25, 0.3) is 0 Å². The summed E-state index contributed by atoms with van der Waals surface area (Å²) < 4.78 is 12.9. The Labute approximate surface area is 184 Å². The number of hydrogen-bond donors (Lipinski definition) is 1. The highest BCUT2D eigenvalue weighted by atomic mass is 35.5. The average molecular weight is 449 g/mol. The van der Waals surface area contributed by atoms with E-state index < -0.39 is 5.60 Å². The summed E-state index contributed by atoms with van der Waals surface area (Å²) in [5, 5.41) is 16.9. The fraction of sp³-hybridized carbons (Fsp3) is 0.333. The second kappa shape index (κ2) is 9.32. The lowest BCUT2D eigenvalue weighted by Crippen LogP contribution is -2.48. The van der Waals surface area contributed by atoms with Gasteiger partial charge < -0.3 is 14.6 Å². The molecule has 1 aromatic heterocycles. The number of rotatable bonds is 7. The third-order valence-corrected chi connectivity index (χ3v) is 5.53. The van der Waals surface area contributed by atoms with Gasteiger partial charge in [-0.25, -0.2) is 9.67 Å². The molecular weight excluding hydrogens is 427 g/mol. The first-order valence-corrected chi connectivity index (χ1v) is 10.4. The number of aromatic nitrogens is 3. The van der Waals surface area contributed by atoms with Gasteiger partial charge in [0.1, 0.15) is 29.8 Å². The number of morpholine rings is 1. The zero-order valence-electron chi connectivity index (χ0n) is 16.2. The SMILES string of the molecule is OC(CN1CCOCC1)(Cn1cncn1)c1ccc(Oc2ccc(Cl)cc2)cc1Cl. The number of ether oxygens (including phenoxy) is 2. The van der Waals surface area contributed by atoms with Crippen LogP contribution in [-0.2, 0) is 16.9 Å². The quantitative estimate of drug-likeness (QED) is 0.595. The molecule has 1 atom stereocenters. The third kappa shape index (κ3) is 5.11. The van der Waals surface area contributed by atoms with Crippen LogP contribution in [-0.4, -0.2) is 57.6 Å². The van der Waals surface area contributed by atoms with Gasteiger partial charge in [-0.1, -0.05) is 29.3 Å². The minimum atomic E-state index is -1.26. The molecule has 1 aliphatic heterocycles. The van der Waals surface area contributed by atoms with Crippen molar-refractivity contribution in [1.82, 2.24) is 19.7 Å². The smallest absolute Gasteiger partial charge is 0.137 e. The van der Waals surface area contributed by atoms with Crippen molar-refractivity contribution >= 4 is 23.2 Å². The first kappa shape index (κ1) is 21.1. The zero-order valence-corrected chi connectivity index (χ0v) is 17.8. The van der Waals surface area contributed by atoms with E-state index in [4.69, 9.17) is 32.7 Å². The molecule has 158 valence electrons. The summed E-state index contributed by atoms with van der Waals surface area (Å²) >= 11 is 12.5. The molecule has 1 aliphatic rings. The predicted molar refractivity (Wildman–Crippen MR) is 114 cm³/mol. The van der Waals surface area contributed by atoms with Crippen LogP contribution in [0.5, 0.6) is 11.5 Å². The van der Waals surface area contributed by atoms with Gasteiger partial charge in [-0.15, -0.1) is 0 Å². The predicted octanol–water partition coefficient (Wildman–Crippen LogP) is 3.60. The van der Waals surface area contributed by atoms with Crippen LogP contribution in [0.3, 0.4) is 0 Å². The molecule has 1 saturated heterocycles. The number of nitrogens with zero attached hydrogens (tertiary/aromatic N) is 4. The van der Waals surface area contributed by atoms with E-state index in [2.05, 4.69) is 15.0 Å². The lowest BCUT2D eigenvalue weighted by molar-refractivity contribution is -0.0466. The van der Waals surface area contributed by atoms with Crippen molar-refractivity contribution in [2.45, 2.75) is 12.1 Å². The van der Waals surface area contributed by atoms with Crippen LogP contribution in [0, 0.1) is 0 Å². The Kier molecular flexibility index (Phi) is 6.55. The standard InChI is InChI=1S/C21H22Cl2N4O3/c22-16-1-3-17(4-2-16)30-18-5-6-19(20(23)11-18)21(28,13-27-15-24-14-25-27)12-26-7-9-29-10-8-26/h1-6,11,14-15,28H,7-10,12-13H2. The first-order chi connectivity index (χ1) is 14.5. The van der Waals surface area contributed by atoms with E-state index in [9.17, 15) is 5.11 Å². The van der Waals surface area contributed by atoms with Crippen molar-refractivity contribution in [3.05, 3.63) is 70.7 Å². The monoisotopic (exact) mass is 448 g/mol. The lowest BCUT2D eigenvalue weighted by atomic mass is 9.92. The molecule has 4 rings (SSSR count). The van der Waals surface area contributed by atoms with Crippen LogP contribution in [0.1, 0.15) is 5.56 Å². The molecule has 30 heavy (non-hydrogen) atoms. The number of aliphatic hydroxyl groups is 1. The Bertz CT molecular complexity index is 963. The van der Waals surface area contributed by atoms with Gasteiger partial charge in [-0.3, -0.25) is 4.90 Å². The van der Waals surface area contributed by atoms with E-state index in [0.29, 0.717) is 46.9 Å². The molecule has 2 aromatic carbocycles.